The first-order chi connectivity index (χ1) is 17.0. The lowest BCUT2D eigenvalue weighted by molar-refractivity contribution is 0.0964. The van der Waals surface area contributed by atoms with E-state index in [-0.39, 0.29) is 23.4 Å². The van der Waals surface area contributed by atoms with Crippen LogP contribution in [-0.2, 0) is 0 Å². The number of methoxy groups -OCH3 is 1. The molecule has 0 amide bonds. The highest BCUT2D eigenvalue weighted by atomic mass is 19.1. The fourth-order valence-electron chi connectivity index (χ4n) is 4.90. The summed E-state index contributed by atoms with van der Waals surface area (Å²) in [6, 6.07) is 11.6. The lowest BCUT2D eigenvalue weighted by Gasteiger charge is -2.43. The molecule has 2 saturated heterocycles. The molecule has 2 aliphatic heterocycles. The Hall–Kier alpha value is -3.30. The van der Waals surface area contributed by atoms with Crippen LogP contribution in [0.25, 0.3) is 11.1 Å². The maximum atomic E-state index is 14.5. The van der Waals surface area contributed by atoms with E-state index in [9.17, 15) is 8.78 Å². The summed E-state index contributed by atoms with van der Waals surface area (Å²) in [5.41, 5.74) is 8.69. The van der Waals surface area contributed by atoms with Crippen molar-refractivity contribution in [2.24, 2.45) is 0 Å². The molecule has 1 atom stereocenters. The van der Waals surface area contributed by atoms with Crippen molar-refractivity contribution in [3.63, 3.8) is 0 Å². The van der Waals surface area contributed by atoms with Gasteiger partial charge in [0, 0.05) is 38.8 Å². The third-order valence-corrected chi connectivity index (χ3v) is 6.98. The summed E-state index contributed by atoms with van der Waals surface area (Å²) in [4.78, 5) is 15.7. The number of anilines is 2. The quantitative estimate of drug-likeness (QED) is 0.554. The van der Waals surface area contributed by atoms with Crippen molar-refractivity contribution in [1.29, 1.82) is 0 Å². The Morgan fingerprint density at radius 3 is 2.34 bits per heavy atom. The second-order valence-corrected chi connectivity index (χ2v) is 9.05. The Labute approximate surface area is 204 Å². The minimum atomic E-state index is -0.336. The summed E-state index contributed by atoms with van der Waals surface area (Å²) in [6.07, 6.45) is 2.68. The van der Waals surface area contributed by atoms with Crippen LogP contribution in [-0.4, -0.2) is 72.7 Å². The summed E-state index contributed by atoms with van der Waals surface area (Å²) < 4.78 is 33.2. The Morgan fingerprint density at radius 1 is 0.971 bits per heavy atom. The van der Waals surface area contributed by atoms with Gasteiger partial charge in [0.25, 0.3) is 0 Å². The van der Waals surface area contributed by atoms with E-state index in [0.29, 0.717) is 5.82 Å². The number of nitrogens with zero attached hydrogens (tertiary/aromatic N) is 5. The van der Waals surface area contributed by atoms with E-state index < -0.39 is 0 Å². The Morgan fingerprint density at radius 2 is 1.71 bits per heavy atom. The molecule has 0 bridgehead atoms. The fourth-order valence-corrected chi connectivity index (χ4v) is 4.90. The number of piperazine rings is 1. The number of likely N-dealkylation sites (tertiary alicyclic amines) is 1. The van der Waals surface area contributed by atoms with Gasteiger partial charge in [-0.25, -0.2) is 18.7 Å². The molecule has 0 aliphatic carbocycles. The van der Waals surface area contributed by atoms with Gasteiger partial charge in [-0.05, 0) is 54.9 Å². The number of benzene rings is 2. The zero-order valence-electron chi connectivity index (χ0n) is 19.8. The number of nitrogen functional groups attached to an aromatic ring is 1. The number of halogens is 2. The molecule has 0 spiro atoms. The molecule has 2 aliphatic rings. The van der Waals surface area contributed by atoms with Crippen LogP contribution in [0, 0.1) is 11.6 Å². The fraction of sp³-hybridized carbons (Fsp3) is 0.385. The molecule has 2 N–H and O–H groups in total. The molecule has 0 radical (unpaired) electrons. The van der Waals surface area contributed by atoms with Gasteiger partial charge in [0.1, 0.15) is 23.8 Å². The molecule has 2 fully saturated rings. The van der Waals surface area contributed by atoms with Crippen LogP contribution in [0.15, 0.2) is 48.8 Å². The standard InChI is InChI=1S/C26H30F2N6O/c1-35-23-8-5-19(15-21(23)28)22(16-32-9-2-10-32)33-11-13-34(14-12-33)26-24(25(29)30-17-31-26)18-3-6-20(27)7-4-18/h3-8,15,17,22H,2,9-14,16H2,1H3,(H2,29,30,31)/t22-/m0/s1. The number of ether oxygens (including phenoxy) is 1. The van der Waals surface area contributed by atoms with E-state index >= 15 is 0 Å². The average Bonchev–Trinajstić information content (AvgIpc) is 2.84. The molecule has 0 saturated carbocycles. The van der Waals surface area contributed by atoms with E-state index in [2.05, 4.69) is 24.7 Å². The highest BCUT2D eigenvalue weighted by molar-refractivity contribution is 5.84. The van der Waals surface area contributed by atoms with Crippen molar-refractivity contribution in [2.75, 3.05) is 63.6 Å². The second-order valence-electron chi connectivity index (χ2n) is 9.05. The summed E-state index contributed by atoms with van der Waals surface area (Å²) in [5.74, 6) is 0.739. The van der Waals surface area contributed by atoms with E-state index in [0.717, 1.165) is 68.3 Å². The van der Waals surface area contributed by atoms with Crippen LogP contribution in [0.1, 0.15) is 18.0 Å². The zero-order chi connectivity index (χ0) is 24.4. The van der Waals surface area contributed by atoms with Crippen molar-refractivity contribution in [2.45, 2.75) is 12.5 Å². The van der Waals surface area contributed by atoms with Gasteiger partial charge in [-0.1, -0.05) is 18.2 Å². The smallest absolute Gasteiger partial charge is 0.165 e. The normalized spacial score (nSPS) is 17.7. The summed E-state index contributed by atoms with van der Waals surface area (Å²) in [7, 11) is 1.48. The highest BCUT2D eigenvalue weighted by Crippen LogP contribution is 2.35. The number of hydrogen-bond donors (Lipinski definition) is 1. The Balaban J connectivity index is 1.36. The average molecular weight is 481 g/mol. The van der Waals surface area contributed by atoms with Crippen molar-refractivity contribution in [1.82, 2.24) is 19.8 Å². The van der Waals surface area contributed by atoms with Crippen LogP contribution < -0.4 is 15.4 Å². The summed E-state index contributed by atoms with van der Waals surface area (Å²) >= 11 is 0. The van der Waals surface area contributed by atoms with Gasteiger partial charge < -0.3 is 20.3 Å². The van der Waals surface area contributed by atoms with Crippen LogP contribution in [0.3, 0.4) is 0 Å². The first-order valence-electron chi connectivity index (χ1n) is 11.9. The largest absolute Gasteiger partial charge is 0.494 e. The lowest BCUT2D eigenvalue weighted by Crippen LogP contribution is -2.51. The first kappa shape index (κ1) is 23.4. The number of hydrogen-bond acceptors (Lipinski definition) is 7. The molecule has 3 heterocycles. The molecule has 184 valence electrons. The van der Waals surface area contributed by atoms with Crippen molar-refractivity contribution in [3.8, 4) is 16.9 Å². The molecule has 5 rings (SSSR count). The lowest BCUT2D eigenvalue weighted by atomic mass is 10.0. The van der Waals surface area contributed by atoms with E-state index in [1.807, 2.05) is 6.07 Å². The molecule has 2 aromatic carbocycles. The molecular weight excluding hydrogens is 450 g/mol. The predicted molar refractivity (Wildman–Crippen MR) is 132 cm³/mol. The molecule has 3 aromatic rings. The van der Waals surface area contributed by atoms with Gasteiger partial charge >= 0.3 is 0 Å². The zero-order valence-corrected chi connectivity index (χ0v) is 19.8. The predicted octanol–water partition coefficient (Wildman–Crippen LogP) is 3.58. The van der Waals surface area contributed by atoms with Crippen molar-refractivity contribution in [3.05, 3.63) is 66.0 Å². The monoisotopic (exact) mass is 480 g/mol. The maximum absolute atomic E-state index is 14.5. The minimum Gasteiger partial charge on any atom is -0.494 e. The van der Waals surface area contributed by atoms with Gasteiger partial charge in [-0.2, -0.15) is 0 Å². The van der Waals surface area contributed by atoms with Crippen LogP contribution in [0.2, 0.25) is 0 Å². The van der Waals surface area contributed by atoms with Gasteiger partial charge in [0.15, 0.2) is 11.6 Å². The van der Waals surface area contributed by atoms with Gasteiger partial charge in [0.05, 0.1) is 12.7 Å². The van der Waals surface area contributed by atoms with Gasteiger partial charge in [-0.3, -0.25) is 4.90 Å². The van der Waals surface area contributed by atoms with Crippen LogP contribution >= 0.6 is 0 Å². The van der Waals surface area contributed by atoms with E-state index in [4.69, 9.17) is 10.5 Å². The number of rotatable bonds is 7. The second kappa shape index (κ2) is 10.1. The topological polar surface area (TPSA) is 70.8 Å². The minimum absolute atomic E-state index is 0.0879. The van der Waals surface area contributed by atoms with Crippen LogP contribution in [0.4, 0.5) is 20.4 Å². The maximum Gasteiger partial charge on any atom is 0.165 e. The van der Waals surface area contributed by atoms with Gasteiger partial charge in [-0.15, -0.1) is 0 Å². The Kier molecular flexibility index (Phi) is 6.79. The molecule has 9 heteroatoms. The number of nitrogens with two attached hydrogens (primary N) is 1. The summed E-state index contributed by atoms with van der Waals surface area (Å²) in [6.45, 7) is 6.08. The Bertz CT molecular complexity index is 1160. The first-order valence-corrected chi connectivity index (χ1v) is 11.9. The summed E-state index contributed by atoms with van der Waals surface area (Å²) in [5, 5.41) is 0. The van der Waals surface area contributed by atoms with Crippen LogP contribution in [0.5, 0.6) is 5.75 Å². The molecule has 0 unspecified atom stereocenters. The SMILES string of the molecule is COc1ccc([C@H](CN2CCC2)N2CCN(c3ncnc(N)c3-c3ccc(F)cc3)CC2)cc1F. The number of aromatic nitrogens is 2. The third-order valence-electron chi connectivity index (χ3n) is 6.98. The highest BCUT2D eigenvalue weighted by Gasteiger charge is 2.30. The van der Waals surface area contributed by atoms with E-state index in [1.165, 1.54) is 32.0 Å². The van der Waals surface area contributed by atoms with Crippen molar-refractivity contribution >= 4 is 11.6 Å². The van der Waals surface area contributed by atoms with Crippen molar-refractivity contribution < 1.29 is 13.5 Å². The molecule has 35 heavy (non-hydrogen) atoms. The molecular formula is C26H30F2N6O. The van der Waals surface area contributed by atoms with Gasteiger partial charge in [0.2, 0.25) is 0 Å². The molecule has 7 nitrogen and oxygen atoms in total. The van der Waals surface area contributed by atoms with E-state index in [1.54, 1.807) is 24.3 Å². The molecule has 1 aromatic heterocycles. The third kappa shape index (κ3) is 4.92.